The summed E-state index contributed by atoms with van der Waals surface area (Å²) in [7, 11) is 0. The highest BCUT2D eigenvalue weighted by Gasteiger charge is 2.17. The Labute approximate surface area is 138 Å². The monoisotopic (exact) mass is 331 g/mol. The number of benzene rings is 1. The van der Waals surface area contributed by atoms with Crippen LogP contribution in [-0.4, -0.2) is 36.3 Å². The Balaban J connectivity index is 1.60. The zero-order valence-electron chi connectivity index (χ0n) is 12.9. The van der Waals surface area contributed by atoms with Crippen molar-refractivity contribution >= 4 is 17.6 Å². The van der Waals surface area contributed by atoms with Crippen LogP contribution >= 0.6 is 0 Å². The summed E-state index contributed by atoms with van der Waals surface area (Å²) in [5.41, 5.74) is 0.451. The van der Waals surface area contributed by atoms with E-state index < -0.39 is 11.9 Å². The molecule has 1 fully saturated rings. The zero-order valence-corrected chi connectivity index (χ0v) is 12.9. The molecule has 1 aliphatic heterocycles. The molecule has 1 atom stereocenters. The third-order valence-corrected chi connectivity index (χ3v) is 3.62. The molecule has 1 aromatic heterocycles. The van der Waals surface area contributed by atoms with E-state index >= 15 is 0 Å². The quantitative estimate of drug-likeness (QED) is 0.844. The molecule has 24 heavy (non-hydrogen) atoms. The molecule has 2 heterocycles. The molecule has 1 aliphatic rings. The lowest BCUT2D eigenvalue weighted by Crippen LogP contribution is -2.16. The third-order valence-electron chi connectivity index (χ3n) is 3.62. The van der Waals surface area contributed by atoms with E-state index in [-0.39, 0.29) is 17.4 Å². The van der Waals surface area contributed by atoms with Gasteiger partial charge in [-0.15, -0.1) is 0 Å². The smallest absolute Gasteiger partial charge is 0.338 e. The number of carbonyl (C=O) groups excluding carboxylic acids is 1. The first kappa shape index (κ1) is 16.1. The van der Waals surface area contributed by atoms with E-state index in [0.717, 1.165) is 25.7 Å². The minimum absolute atomic E-state index is 0.0712. The van der Waals surface area contributed by atoms with Crippen LogP contribution in [0.15, 0.2) is 41.0 Å². The molecular weight excluding hydrogens is 314 g/mol. The summed E-state index contributed by atoms with van der Waals surface area (Å²) in [6.45, 7) is 1.24. The Morgan fingerprint density at radius 2 is 2.21 bits per heavy atom. The van der Waals surface area contributed by atoms with Gasteiger partial charge < -0.3 is 24.3 Å². The van der Waals surface area contributed by atoms with E-state index in [1.54, 1.807) is 24.3 Å². The molecule has 7 nitrogen and oxygen atoms in total. The minimum atomic E-state index is -1.15. The second kappa shape index (κ2) is 7.18. The van der Waals surface area contributed by atoms with Crippen molar-refractivity contribution in [2.75, 3.05) is 18.5 Å². The number of anilines is 1. The molecule has 1 amide bonds. The first-order valence-electron chi connectivity index (χ1n) is 7.59. The summed E-state index contributed by atoms with van der Waals surface area (Å²) in [4.78, 5) is 22.9. The van der Waals surface area contributed by atoms with Crippen LogP contribution in [0.3, 0.4) is 0 Å². The van der Waals surface area contributed by atoms with Gasteiger partial charge in [0.15, 0.2) is 5.76 Å². The molecule has 0 unspecified atom stereocenters. The van der Waals surface area contributed by atoms with Gasteiger partial charge in [-0.3, -0.25) is 4.79 Å². The lowest BCUT2D eigenvalue weighted by molar-refractivity contribution is 0.0679. The van der Waals surface area contributed by atoms with Crippen molar-refractivity contribution < 1.29 is 28.6 Å². The first-order valence-corrected chi connectivity index (χ1v) is 7.59. The molecule has 2 aromatic rings. The van der Waals surface area contributed by atoms with Crippen LogP contribution in [0.1, 0.15) is 33.8 Å². The first-order chi connectivity index (χ1) is 11.6. The molecular formula is C17H17NO6. The van der Waals surface area contributed by atoms with Crippen LogP contribution in [0.25, 0.3) is 0 Å². The molecule has 0 radical (unpaired) electrons. The average Bonchev–Trinajstić information content (AvgIpc) is 3.25. The minimum Gasteiger partial charge on any atom is -0.491 e. The molecule has 3 rings (SSSR count). The van der Waals surface area contributed by atoms with Gasteiger partial charge in [-0.05, 0) is 25.0 Å². The number of carbonyl (C=O) groups is 2. The maximum absolute atomic E-state index is 12.1. The fourth-order valence-corrected chi connectivity index (χ4v) is 2.39. The van der Waals surface area contributed by atoms with E-state index in [4.69, 9.17) is 19.0 Å². The van der Waals surface area contributed by atoms with Gasteiger partial charge in [-0.2, -0.15) is 0 Å². The highest BCUT2D eigenvalue weighted by Crippen LogP contribution is 2.20. The van der Waals surface area contributed by atoms with E-state index in [1.165, 1.54) is 6.07 Å². The standard InChI is InChI=1S/C17H17NO6/c19-16(15-7-11(9-24-15)17(20)21)18-12-3-1-4-13(8-12)23-10-14-5-2-6-22-14/h1,3-4,7-9,14H,2,5-6,10H2,(H,18,19)(H,20,21)/t14-/m0/s1. The van der Waals surface area contributed by atoms with Gasteiger partial charge >= 0.3 is 5.97 Å². The normalized spacial score (nSPS) is 16.8. The van der Waals surface area contributed by atoms with Crippen molar-refractivity contribution in [3.63, 3.8) is 0 Å². The summed E-state index contributed by atoms with van der Waals surface area (Å²) in [6, 6.07) is 8.12. The fourth-order valence-electron chi connectivity index (χ4n) is 2.39. The largest absolute Gasteiger partial charge is 0.491 e. The second-order valence-electron chi connectivity index (χ2n) is 5.43. The topological polar surface area (TPSA) is 98.0 Å². The van der Waals surface area contributed by atoms with Crippen LogP contribution in [0, 0.1) is 0 Å². The highest BCUT2D eigenvalue weighted by molar-refractivity contribution is 6.03. The Morgan fingerprint density at radius 3 is 2.92 bits per heavy atom. The lowest BCUT2D eigenvalue weighted by atomic mass is 10.2. The highest BCUT2D eigenvalue weighted by atomic mass is 16.5. The molecule has 0 aliphatic carbocycles. The van der Waals surface area contributed by atoms with Crippen LogP contribution in [0.5, 0.6) is 5.75 Å². The van der Waals surface area contributed by atoms with Gasteiger partial charge in [0.2, 0.25) is 0 Å². The fraction of sp³-hybridized carbons (Fsp3) is 0.294. The predicted molar refractivity (Wildman–Crippen MR) is 84.5 cm³/mol. The summed E-state index contributed by atoms with van der Waals surface area (Å²) < 4.78 is 16.1. The SMILES string of the molecule is O=C(O)c1coc(C(=O)Nc2cccc(OC[C@@H]3CCCO3)c2)c1. The molecule has 126 valence electrons. The summed E-state index contributed by atoms with van der Waals surface area (Å²) in [6.07, 6.45) is 3.17. The van der Waals surface area contributed by atoms with Gasteiger partial charge in [0.1, 0.15) is 18.6 Å². The van der Waals surface area contributed by atoms with Gasteiger partial charge in [0.25, 0.3) is 5.91 Å². The van der Waals surface area contributed by atoms with E-state index in [2.05, 4.69) is 5.32 Å². The number of rotatable bonds is 6. The van der Waals surface area contributed by atoms with Crippen LogP contribution in [0.2, 0.25) is 0 Å². The molecule has 0 bridgehead atoms. The van der Waals surface area contributed by atoms with E-state index in [0.29, 0.717) is 18.0 Å². The van der Waals surface area contributed by atoms with Crippen molar-refractivity contribution in [1.82, 2.24) is 0 Å². The number of aromatic carboxylic acids is 1. The van der Waals surface area contributed by atoms with Gasteiger partial charge in [-0.1, -0.05) is 6.07 Å². The molecule has 2 N–H and O–H groups in total. The van der Waals surface area contributed by atoms with Crippen molar-refractivity contribution in [3.05, 3.63) is 47.9 Å². The zero-order chi connectivity index (χ0) is 16.9. The lowest BCUT2D eigenvalue weighted by Gasteiger charge is -2.12. The van der Waals surface area contributed by atoms with Crippen LogP contribution in [-0.2, 0) is 4.74 Å². The summed E-state index contributed by atoms with van der Waals surface area (Å²) >= 11 is 0. The van der Waals surface area contributed by atoms with Crippen molar-refractivity contribution in [2.24, 2.45) is 0 Å². The summed E-state index contributed by atoms with van der Waals surface area (Å²) in [5, 5.41) is 11.5. The van der Waals surface area contributed by atoms with Gasteiger partial charge in [0.05, 0.1) is 11.7 Å². The number of ether oxygens (including phenoxy) is 2. The second-order valence-corrected chi connectivity index (χ2v) is 5.43. The van der Waals surface area contributed by atoms with Crippen molar-refractivity contribution in [1.29, 1.82) is 0 Å². The molecule has 7 heteroatoms. The van der Waals surface area contributed by atoms with Crippen LogP contribution in [0.4, 0.5) is 5.69 Å². The van der Waals surface area contributed by atoms with Gasteiger partial charge in [0, 0.05) is 24.4 Å². The van der Waals surface area contributed by atoms with Crippen LogP contribution < -0.4 is 10.1 Å². The molecule has 0 saturated carbocycles. The predicted octanol–water partition coefficient (Wildman–Crippen LogP) is 2.79. The number of hydrogen-bond donors (Lipinski definition) is 2. The number of carboxylic acid groups (broad SMARTS) is 1. The van der Waals surface area contributed by atoms with Crippen molar-refractivity contribution in [2.45, 2.75) is 18.9 Å². The number of carboxylic acids is 1. The summed E-state index contributed by atoms with van der Waals surface area (Å²) in [5.74, 6) is -1.13. The maximum Gasteiger partial charge on any atom is 0.338 e. The van der Waals surface area contributed by atoms with E-state index in [9.17, 15) is 9.59 Å². The molecule has 0 spiro atoms. The third kappa shape index (κ3) is 3.94. The number of nitrogens with one attached hydrogen (secondary N) is 1. The Hall–Kier alpha value is -2.80. The van der Waals surface area contributed by atoms with Crippen molar-refractivity contribution in [3.8, 4) is 5.75 Å². The number of amides is 1. The maximum atomic E-state index is 12.1. The Morgan fingerprint density at radius 1 is 1.33 bits per heavy atom. The molecule has 1 saturated heterocycles. The number of hydrogen-bond acceptors (Lipinski definition) is 5. The molecule has 1 aromatic carbocycles. The average molecular weight is 331 g/mol. The van der Waals surface area contributed by atoms with E-state index in [1.807, 2.05) is 0 Å². The Bertz CT molecular complexity index is 732. The number of furan rings is 1. The van der Waals surface area contributed by atoms with Gasteiger partial charge in [-0.25, -0.2) is 4.79 Å². The Kier molecular flexibility index (Phi) is 4.81.